The van der Waals surface area contributed by atoms with E-state index in [1.165, 1.54) is 96.3 Å². The highest BCUT2D eigenvalue weighted by Gasteiger charge is 2.21. The monoisotopic (exact) mass is 856 g/mol. The predicted molar refractivity (Wildman–Crippen MR) is 241 cm³/mol. The number of esters is 2. The van der Waals surface area contributed by atoms with Crippen molar-refractivity contribution in [3.05, 3.63) is 24.3 Å². The molecule has 0 saturated carbocycles. The summed E-state index contributed by atoms with van der Waals surface area (Å²) >= 11 is 0. The first-order valence-corrected chi connectivity index (χ1v) is 25.5. The standard InChI is InChI=1S/C48H90NO9P/c1-6-8-10-11-12-13-14-15-16-17-18-19-20-21-22-25-29-32-36-40-48(52)58-46(44-57-59(53,54)56-42-41-49(3,4)5)43-55-47(51)39-35-31-28-26-23-24-27-30-34-38-45(50)37-33-9-7-2/h27,30,34,38,46H,6-26,28-29,31-33,35-37,39-44H2,1-5H3/b30-27-,38-34+/t46-/m1/s1. The fourth-order valence-corrected chi connectivity index (χ4v) is 7.37. The lowest BCUT2D eigenvalue weighted by Gasteiger charge is -2.28. The van der Waals surface area contributed by atoms with E-state index in [1.54, 1.807) is 6.08 Å². The molecule has 346 valence electrons. The van der Waals surface area contributed by atoms with Crippen LogP contribution in [0.3, 0.4) is 0 Å². The molecule has 0 aromatic carbocycles. The summed E-state index contributed by atoms with van der Waals surface area (Å²) in [7, 11) is 1.12. The van der Waals surface area contributed by atoms with Crippen molar-refractivity contribution in [3.63, 3.8) is 0 Å². The fourth-order valence-electron chi connectivity index (χ4n) is 6.64. The Morgan fingerprint density at radius 3 is 1.51 bits per heavy atom. The minimum atomic E-state index is -4.64. The average Bonchev–Trinajstić information content (AvgIpc) is 3.18. The molecule has 0 aromatic rings. The maximum atomic E-state index is 12.7. The van der Waals surface area contributed by atoms with Gasteiger partial charge in [0.2, 0.25) is 0 Å². The molecule has 11 heteroatoms. The van der Waals surface area contributed by atoms with Crippen LogP contribution in [-0.2, 0) is 37.5 Å². The van der Waals surface area contributed by atoms with Crippen molar-refractivity contribution in [1.29, 1.82) is 0 Å². The summed E-state index contributed by atoms with van der Waals surface area (Å²) in [6, 6.07) is 0. The molecule has 0 aromatic heterocycles. The number of ether oxygens (including phenoxy) is 2. The van der Waals surface area contributed by atoms with Crippen molar-refractivity contribution in [2.24, 2.45) is 0 Å². The van der Waals surface area contributed by atoms with Crippen LogP contribution in [0.25, 0.3) is 0 Å². The zero-order valence-corrected chi connectivity index (χ0v) is 39.6. The van der Waals surface area contributed by atoms with Gasteiger partial charge < -0.3 is 27.9 Å². The van der Waals surface area contributed by atoms with Crippen molar-refractivity contribution in [2.45, 2.75) is 219 Å². The van der Waals surface area contributed by atoms with Gasteiger partial charge in [0.25, 0.3) is 7.82 Å². The lowest BCUT2D eigenvalue weighted by molar-refractivity contribution is -0.870. The van der Waals surface area contributed by atoms with Crippen LogP contribution in [0.15, 0.2) is 24.3 Å². The van der Waals surface area contributed by atoms with Crippen LogP contribution in [0.1, 0.15) is 213 Å². The lowest BCUT2D eigenvalue weighted by atomic mass is 10.0. The number of carbonyl (C=O) groups is 3. The molecule has 0 heterocycles. The van der Waals surface area contributed by atoms with E-state index < -0.39 is 32.5 Å². The highest BCUT2D eigenvalue weighted by Crippen LogP contribution is 2.38. The van der Waals surface area contributed by atoms with E-state index in [9.17, 15) is 23.8 Å². The van der Waals surface area contributed by atoms with Crippen molar-refractivity contribution in [3.8, 4) is 0 Å². The Bertz CT molecular complexity index is 1120. The molecule has 10 nitrogen and oxygen atoms in total. The van der Waals surface area contributed by atoms with Gasteiger partial charge in [0.1, 0.15) is 19.8 Å². The van der Waals surface area contributed by atoms with E-state index in [1.807, 2.05) is 33.3 Å². The van der Waals surface area contributed by atoms with Gasteiger partial charge in [0.05, 0.1) is 27.7 Å². The summed E-state index contributed by atoms with van der Waals surface area (Å²) in [5.41, 5.74) is 0. The van der Waals surface area contributed by atoms with Crippen LogP contribution >= 0.6 is 7.82 Å². The van der Waals surface area contributed by atoms with Gasteiger partial charge in [-0.2, -0.15) is 0 Å². The Hall–Kier alpha value is -1.84. The third-order valence-corrected chi connectivity index (χ3v) is 11.4. The molecule has 0 saturated heterocycles. The molecule has 0 aliphatic rings. The van der Waals surface area contributed by atoms with Crippen LogP contribution < -0.4 is 4.89 Å². The van der Waals surface area contributed by atoms with Crippen LogP contribution in [-0.4, -0.2) is 75.8 Å². The number of phosphoric ester groups is 1. The minimum absolute atomic E-state index is 0.0431. The number of likely N-dealkylation sites (N-methyl/N-ethyl adjacent to an activating group) is 1. The molecule has 0 bridgehead atoms. The molecule has 0 amide bonds. The molecule has 59 heavy (non-hydrogen) atoms. The van der Waals surface area contributed by atoms with E-state index in [0.29, 0.717) is 30.3 Å². The van der Waals surface area contributed by atoms with Gasteiger partial charge in [0, 0.05) is 19.3 Å². The van der Waals surface area contributed by atoms with Crippen molar-refractivity contribution >= 4 is 25.5 Å². The minimum Gasteiger partial charge on any atom is -0.756 e. The summed E-state index contributed by atoms with van der Waals surface area (Å²) in [5.74, 6) is -0.708. The van der Waals surface area contributed by atoms with Crippen LogP contribution in [0.5, 0.6) is 0 Å². The smallest absolute Gasteiger partial charge is 0.306 e. The van der Waals surface area contributed by atoms with E-state index in [0.717, 1.165) is 70.6 Å². The number of phosphoric acid groups is 1. The molecule has 0 aliphatic carbocycles. The summed E-state index contributed by atoms with van der Waals surface area (Å²) < 4.78 is 33.9. The first-order valence-electron chi connectivity index (χ1n) is 24.0. The number of carbonyl (C=O) groups excluding carboxylic acids is 3. The molecule has 1 unspecified atom stereocenters. The van der Waals surface area contributed by atoms with Crippen LogP contribution in [0.4, 0.5) is 0 Å². The van der Waals surface area contributed by atoms with Crippen LogP contribution in [0, 0.1) is 0 Å². The van der Waals surface area contributed by atoms with E-state index in [-0.39, 0.29) is 31.8 Å². The van der Waals surface area contributed by atoms with Gasteiger partial charge in [-0.25, -0.2) is 0 Å². The number of quaternary nitrogens is 1. The number of hydrogen-bond donors (Lipinski definition) is 0. The summed E-state index contributed by atoms with van der Waals surface area (Å²) in [5, 5.41) is 0. The first-order chi connectivity index (χ1) is 28.4. The molecule has 0 aliphatic heterocycles. The maximum absolute atomic E-state index is 12.7. The number of nitrogens with zero attached hydrogens (tertiary/aromatic N) is 1. The molecule has 0 rings (SSSR count). The Balaban J connectivity index is 4.32. The largest absolute Gasteiger partial charge is 0.756 e. The summed E-state index contributed by atoms with van der Waals surface area (Å²) in [6.45, 7) is 4.05. The van der Waals surface area contributed by atoms with Crippen LogP contribution in [0.2, 0.25) is 0 Å². The molecular weight excluding hydrogens is 766 g/mol. The van der Waals surface area contributed by atoms with Gasteiger partial charge in [-0.15, -0.1) is 0 Å². The second kappa shape index (κ2) is 40.2. The van der Waals surface area contributed by atoms with E-state index in [4.69, 9.17) is 18.5 Å². The number of rotatable bonds is 44. The zero-order valence-electron chi connectivity index (χ0n) is 38.7. The fraction of sp³-hybridized carbons (Fsp3) is 0.854. The Morgan fingerprint density at radius 1 is 0.559 bits per heavy atom. The van der Waals surface area contributed by atoms with Gasteiger partial charge in [-0.1, -0.05) is 180 Å². The third kappa shape index (κ3) is 44.0. The molecule has 2 atom stereocenters. The second-order valence-electron chi connectivity index (χ2n) is 17.5. The van der Waals surface area contributed by atoms with Crippen molar-refractivity contribution in [1.82, 2.24) is 0 Å². The van der Waals surface area contributed by atoms with Gasteiger partial charge in [-0.3, -0.25) is 18.9 Å². The van der Waals surface area contributed by atoms with Crippen molar-refractivity contribution in [2.75, 3.05) is 47.5 Å². The zero-order chi connectivity index (χ0) is 43.7. The molecule has 0 radical (unpaired) electrons. The normalized spacial score (nSPS) is 13.6. The SMILES string of the molecule is CCCCCCCCCCCCCCCCCCCCCC(=O)O[C@H](COC(=O)CCCCCCC/C=C\C=C\C(=O)CCCCC)COP(=O)([O-])OCC[N+](C)(C)C. The Kier molecular flexibility index (Phi) is 39.0. The summed E-state index contributed by atoms with van der Waals surface area (Å²) in [4.78, 5) is 49.4. The van der Waals surface area contributed by atoms with Gasteiger partial charge in [-0.05, 0) is 38.2 Å². The third-order valence-electron chi connectivity index (χ3n) is 10.5. The average molecular weight is 856 g/mol. The second-order valence-corrected chi connectivity index (χ2v) is 18.9. The predicted octanol–water partition coefficient (Wildman–Crippen LogP) is 12.5. The van der Waals surface area contributed by atoms with Gasteiger partial charge >= 0.3 is 11.9 Å². The first kappa shape index (κ1) is 57.2. The van der Waals surface area contributed by atoms with E-state index in [2.05, 4.69) is 19.9 Å². The number of ketones is 1. The number of unbranched alkanes of at least 4 members (excludes halogenated alkanes) is 25. The highest BCUT2D eigenvalue weighted by molar-refractivity contribution is 7.45. The summed E-state index contributed by atoms with van der Waals surface area (Å²) in [6.07, 6.45) is 40.4. The number of allylic oxidation sites excluding steroid dienone is 4. The Morgan fingerprint density at radius 2 is 1.00 bits per heavy atom. The van der Waals surface area contributed by atoms with E-state index >= 15 is 0 Å². The lowest BCUT2D eigenvalue weighted by Crippen LogP contribution is -2.37. The Labute approximate surface area is 362 Å². The molecule has 0 N–H and O–H groups in total. The quantitative estimate of drug-likeness (QED) is 0.0147. The van der Waals surface area contributed by atoms with Crippen molar-refractivity contribution < 1.29 is 46.8 Å². The number of hydrogen-bond acceptors (Lipinski definition) is 9. The topological polar surface area (TPSA) is 128 Å². The molecule has 0 fully saturated rings. The maximum Gasteiger partial charge on any atom is 0.306 e. The van der Waals surface area contributed by atoms with Gasteiger partial charge in [0.15, 0.2) is 11.9 Å². The molecular formula is C48H90NO9P. The molecule has 0 spiro atoms. The highest BCUT2D eigenvalue weighted by atomic mass is 31.2.